The second kappa shape index (κ2) is 16.8. The minimum absolute atomic E-state index is 0.342. The van der Waals surface area contributed by atoms with Gasteiger partial charge in [-0.05, 0) is 27.4 Å². The van der Waals surface area contributed by atoms with Crippen molar-refractivity contribution in [3.8, 4) is 0 Å². The van der Waals surface area contributed by atoms with Gasteiger partial charge in [-0.3, -0.25) is 14.5 Å². The monoisotopic (exact) mass is 398 g/mol. The molecule has 0 spiro atoms. The van der Waals surface area contributed by atoms with Crippen molar-refractivity contribution >= 4 is 11.9 Å². The van der Waals surface area contributed by atoms with E-state index in [1.807, 2.05) is 0 Å². The van der Waals surface area contributed by atoms with E-state index in [1.54, 1.807) is 14.1 Å². The van der Waals surface area contributed by atoms with Crippen molar-refractivity contribution in [1.82, 2.24) is 4.90 Å². The molecule has 0 aromatic heterocycles. The highest BCUT2D eigenvalue weighted by Gasteiger charge is 2.37. The average Bonchev–Trinajstić information content (AvgIpc) is 2.64. The number of primary amides is 1. The highest BCUT2D eigenvalue weighted by Crippen LogP contribution is 2.16. The second-order valence-corrected chi connectivity index (χ2v) is 8.42. The van der Waals surface area contributed by atoms with Crippen LogP contribution in [-0.4, -0.2) is 36.6 Å². The molecule has 1 unspecified atom stereocenters. The Morgan fingerprint density at radius 2 is 1.11 bits per heavy atom. The third kappa shape index (κ3) is 13.1. The summed E-state index contributed by atoms with van der Waals surface area (Å²) in [5, 5.41) is 0. The summed E-state index contributed by atoms with van der Waals surface area (Å²) in [4.78, 5) is 25.0. The van der Waals surface area contributed by atoms with Crippen LogP contribution in [0.1, 0.15) is 117 Å². The van der Waals surface area contributed by atoms with Gasteiger partial charge < -0.3 is 10.5 Å². The van der Waals surface area contributed by atoms with Crippen molar-refractivity contribution in [3.63, 3.8) is 0 Å². The van der Waals surface area contributed by atoms with Gasteiger partial charge in [-0.2, -0.15) is 0 Å². The van der Waals surface area contributed by atoms with E-state index in [2.05, 4.69) is 6.92 Å². The van der Waals surface area contributed by atoms with Crippen LogP contribution < -0.4 is 5.73 Å². The molecule has 5 heteroatoms. The molecule has 0 saturated carbocycles. The van der Waals surface area contributed by atoms with E-state index in [0.717, 1.165) is 19.3 Å². The molecule has 1 amide bonds. The minimum Gasteiger partial charge on any atom is -0.434 e. The molecule has 0 heterocycles. The number of carbonyl (C=O) groups excluding carboxylic acids is 2. The van der Waals surface area contributed by atoms with Gasteiger partial charge in [0.25, 0.3) is 5.91 Å². The molecule has 1 atom stereocenters. The topological polar surface area (TPSA) is 72.6 Å². The lowest BCUT2D eigenvalue weighted by Crippen LogP contribution is -2.55. The Bertz CT molecular complexity index is 413. The molecule has 0 radical (unpaired) electrons. The molecule has 28 heavy (non-hydrogen) atoms. The zero-order chi connectivity index (χ0) is 21.3. The first-order valence-electron chi connectivity index (χ1n) is 11.5. The van der Waals surface area contributed by atoms with Crippen LogP contribution in [0.5, 0.6) is 0 Å². The van der Waals surface area contributed by atoms with Gasteiger partial charge in [-0.1, -0.05) is 96.8 Å². The van der Waals surface area contributed by atoms with Gasteiger partial charge >= 0.3 is 5.97 Å². The van der Waals surface area contributed by atoms with E-state index in [1.165, 1.54) is 88.9 Å². The lowest BCUT2D eigenvalue weighted by molar-refractivity contribution is -0.182. The van der Waals surface area contributed by atoms with Gasteiger partial charge in [0, 0.05) is 6.42 Å². The Labute approximate surface area is 173 Å². The molecule has 0 fully saturated rings. The van der Waals surface area contributed by atoms with Crippen molar-refractivity contribution in [2.75, 3.05) is 14.1 Å². The van der Waals surface area contributed by atoms with E-state index < -0.39 is 11.6 Å². The van der Waals surface area contributed by atoms with Gasteiger partial charge in [0.05, 0.1) is 0 Å². The Morgan fingerprint density at radius 1 is 0.750 bits per heavy atom. The normalized spacial score (nSPS) is 13.5. The summed E-state index contributed by atoms with van der Waals surface area (Å²) in [5.41, 5.74) is 3.98. The summed E-state index contributed by atoms with van der Waals surface area (Å²) < 4.78 is 5.29. The second-order valence-electron chi connectivity index (χ2n) is 8.42. The number of hydrogen-bond acceptors (Lipinski definition) is 4. The predicted molar refractivity (Wildman–Crippen MR) is 117 cm³/mol. The van der Waals surface area contributed by atoms with E-state index in [9.17, 15) is 9.59 Å². The first-order valence-corrected chi connectivity index (χ1v) is 11.5. The number of ether oxygens (including phenoxy) is 1. The molecule has 0 rings (SSSR count). The van der Waals surface area contributed by atoms with Crippen molar-refractivity contribution < 1.29 is 14.3 Å². The third-order valence-electron chi connectivity index (χ3n) is 5.61. The maximum absolute atomic E-state index is 11.9. The van der Waals surface area contributed by atoms with Gasteiger partial charge in [-0.25, -0.2) is 0 Å². The number of rotatable bonds is 19. The molecular weight excluding hydrogens is 352 g/mol. The van der Waals surface area contributed by atoms with Gasteiger partial charge in [-0.15, -0.1) is 0 Å². The van der Waals surface area contributed by atoms with E-state index in [-0.39, 0.29) is 5.97 Å². The Kier molecular flexibility index (Phi) is 16.2. The smallest absolute Gasteiger partial charge is 0.307 e. The third-order valence-corrected chi connectivity index (χ3v) is 5.61. The number of amides is 1. The lowest BCUT2D eigenvalue weighted by Gasteiger charge is -2.32. The van der Waals surface area contributed by atoms with Gasteiger partial charge in [0.2, 0.25) is 5.72 Å². The largest absolute Gasteiger partial charge is 0.434 e. The molecule has 0 aliphatic carbocycles. The van der Waals surface area contributed by atoms with E-state index in [4.69, 9.17) is 10.5 Å². The number of unbranched alkanes of at least 4 members (excludes halogenated alkanes) is 14. The number of hydrogen-bond donors (Lipinski definition) is 1. The van der Waals surface area contributed by atoms with E-state index >= 15 is 0 Å². The molecule has 0 bridgehead atoms. The van der Waals surface area contributed by atoms with Gasteiger partial charge in [0.15, 0.2) is 0 Å². The van der Waals surface area contributed by atoms with Gasteiger partial charge in [0.1, 0.15) is 0 Å². The van der Waals surface area contributed by atoms with Crippen molar-refractivity contribution in [3.05, 3.63) is 0 Å². The number of esters is 1. The van der Waals surface area contributed by atoms with Crippen LogP contribution in [0.2, 0.25) is 0 Å². The molecule has 0 aromatic carbocycles. The Morgan fingerprint density at radius 3 is 1.43 bits per heavy atom. The molecule has 0 aromatic rings. The van der Waals surface area contributed by atoms with Crippen LogP contribution in [0.15, 0.2) is 0 Å². The summed E-state index contributed by atoms with van der Waals surface area (Å²) in [5.74, 6) is -1.01. The maximum Gasteiger partial charge on any atom is 0.307 e. The van der Waals surface area contributed by atoms with Crippen LogP contribution in [0.25, 0.3) is 0 Å². The molecule has 2 N–H and O–H groups in total. The van der Waals surface area contributed by atoms with Crippen LogP contribution in [-0.2, 0) is 14.3 Å². The highest BCUT2D eigenvalue weighted by atomic mass is 16.6. The van der Waals surface area contributed by atoms with E-state index in [0.29, 0.717) is 6.42 Å². The van der Waals surface area contributed by atoms with Crippen LogP contribution in [0, 0.1) is 0 Å². The quantitative estimate of drug-likeness (QED) is 0.176. The molecule has 5 nitrogen and oxygen atoms in total. The fraction of sp³-hybridized carbons (Fsp3) is 0.913. The number of carbonyl (C=O) groups is 2. The minimum atomic E-state index is -1.37. The lowest BCUT2D eigenvalue weighted by atomic mass is 10.0. The SMILES string of the molecule is CCCCCCCCCCCCCCCCCC(=O)OC(C)(C(N)=O)N(C)C. The molecule has 0 aliphatic rings. The zero-order valence-corrected chi connectivity index (χ0v) is 19.1. The first kappa shape index (κ1) is 26.9. The highest BCUT2D eigenvalue weighted by molar-refractivity contribution is 5.85. The van der Waals surface area contributed by atoms with Crippen LogP contribution >= 0.6 is 0 Å². The summed E-state index contributed by atoms with van der Waals surface area (Å²) >= 11 is 0. The summed E-state index contributed by atoms with van der Waals surface area (Å²) in [6.45, 7) is 3.79. The standard InChI is InChI=1S/C23H46N2O3/c1-5-6-7-8-9-10-11-12-13-14-15-16-17-18-19-20-21(26)28-23(2,22(24)27)25(3)4/h5-20H2,1-4H3,(H2,24,27). The molecule has 0 aliphatic heterocycles. The Balaban J connectivity index is 3.48. The Hall–Kier alpha value is -1.10. The fourth-order valence-corrected chi connectivity index (χ4v) is 3.28. The number of nitrogens with zero attached hydrogens (tertiary/aromatic N) is 1. The number of nitrogens with two attached hydrogens (primary N) is 1. The van der Waals surface area contributed by atoms with Crippen LogP contribution in [0.4, 0.5) is 0 Å². The van der Waals surface area contributed by atoms with Crippen molar-refractivity contribution in [1.29, 1.82) is 0 Å². The molecule has 166 valence electrons. The summed E-state index contributed by atoms with van der Waals surface area (Å²) in [7, 11) is 3.34. The first-order chi connectivity index (χ1) is 13.3. The van der Waals surface area contributed by atoms with Crippen molar-refractivity contribution in [2.45, 2.75) is 122 Å². The summed E-state index contributed by atoms with van der Waals surface area (Å²) in [6, 6.07) is 0. The van der Waals surface area contributed by atoms with Crippen molar-refractivity contribution in [2.24, 2.45) is 5.73 Å². The summed E-state index contributed by atoms with van der Waals surface area (Å²) in [6.07, 6.45) is 19.7. The predicted octanol–water partition coefficient (Wildman–Crippen LogP) is 5.55. The van der Waals surface area contributed by atoms with Crippen LogP contribution in [0.3, 0.4) is 0 Å². The maximum atomic E-state index is 11.9. The molecule has 0 saturated heterocycles. The average molecular weight is 399 g/mol. The fourth-order valence-electron chi connectivity index (χ4n) is 3.28. The molecular formula is C23H46N2O3. The number of likely N-dealkylation sites (N-methyl/N-ethyl adjacent to an activating group) is 1. The zero-order valence-electron chi connectivity index (χ0n) is 19.1.